The topological polar surface area (TPSA) is 77.4 Å². The zero-order chi connectivity index (χ0) is 25.9. The Kier molecular flexibility index (Phi) is 6.65. The van der Waals surface area contributed by atoms with E-state index in [1.165, 1.54) is 5.01 Å². The summed E-state index contributed by atoms with van der Waals surface area (Å²) in [7, 11) is 0. The lowest BCUT2D eigenvalue weighted by Gasteiger charge is -2.29. The van der Waals surface area contributed by atoms with Gasteiger partial charge in [0.25, 0.3) is 5.91 Å². The molecule has 1 aliphatic carbocycles. The molecule has 1 fully saturated rings. The summed E-state index contributed by atoms with van der Waals surface area (Å²) < 4.78 is 16.8. The van der Waals surface area contributed by atoms with Gasteiger partial charge >= 0.3 is 5.97 Å². The van der Waals surface area contributed by atoms with E-state index < -0.39 is 18.7 Å². The first-order valence-electron chi connectivity index (χ1n) is 12.9. The van der Waals surface area contributed by atoms with Gasteiger partial charge in [-0.25, -0.2) is 9.80 Å². The molecule has 2 heterocycles. The summed E-state index contributed by atoms with van der Waals surface area (Å²) in [4.78, 5) is 26.2. The van der Waals surface area contributed by atoms with Crippen LogP contribution in [0.5, 0.6) is 11.5 Å². The van der Waals surface area contributed by atoms with Crippen molar-refractivity contribution in [1.82, 2.24) is 5.01 Å². The molecule has 1 saturated carbocycles. The van der Waals surface area contributed by atoms with Crippen LogP contribution in [0.4, 0.5) is 0 Å². The van der Waals surface area contributed by atoms with Crippen molar-refractivity contribution in [2.45, 2.75) is 31.4 Å². The lowest BCUT2D eigenvalue weighted by molar-refractivity contribution is -0.160. The second-order valence-electron chi connectivity index (χ2n) is 9.63. The zero-order valence-corrected chi connectivity index (χ0v) is 20.9. The number of ether oxygens (including phenoxy) is 3. The molecule has 0 saturated heterocycles. The number of carbonyl (C=O) groups excluding carboxylic acids is 2. The van der Waals surface area contributed by atoms with Gasteiger partial charge in [0, 0.05) is 5.92 Å². The van der Waals surface area contributed by atoms with E-state index in [9.17, 15) is 9.59 Å². The number of carbonyl (C=O) groups is 2. The number of para-hydroxylation sites is 2. The molecule has 6 rings (SSSR count). The number of benzene rings is 3. The number of nitrogens with zero attached hydrogens (tertiary/aromatic N) is 2. The molecule has 0 N–H and O–H groups in total. The number of amides is 1. The molecule has 192 valence electrons. The third-order valence-corrected chi connectivity index (χ3v) is 7.15. The first-order valence-corrected chi connectivity index (χ1v) is 12.9. The second-order valence-corrected chi connectivity index (χ2v) is 9.63. The Bertz CT molecular complexity index is 1390. The highest BCUT2D eigenvalue weighted by molar-refractivity contribution is 6.08. The SMILES string of the molecule is O=C(OCC(=O)N1N=C2/C(=C\c3ccccc3)CCC[C@@H]2[C@@H]1c1ccccc1)[C@@H]1COc2ccccc2O1. The predicted octanol–water partition coefficient (Wildman–Crippen LogP) is 5.19. The van der Waals surface area contributed by atoms with E-state index in [2.05, 4.69) is 18.2 Å². The summed E-state index contributed by atoms with van der Waals surface area (Å²) in [5.74, 6) is 0.118. The molecular weight excluding hydrogens is 480 g/mol. The normalized spacial score (nSPS) is 22.9. The van der Waals surface area contributed by atoms with Crippen molar-refractivity contribution in [2.75, 3.05) is 13.2 Å². The van der Waals surface area contributed by atoms with Gasteiger partial charge in [0.05, 0.1) is 11.8 Å². The number of rotatable bonds is 5. The molecule has 3 aliphatic rings. The summed E-state index contributed by atoms with van der Waals surface area (Å²) in [6, 6.07) is 27.0. The average Bonchev–Trinajstić information content (AvgIpc) is 3.37. The van der Waals surface area contributed by atoms with Crippen molar-refractivity contribution in [1.29, 1.82) is 0 Å². The number of fused-ring (bicyclic) bond motifs is 2. The molecule has 0 bridgehead atoms. The van der Waals surface area contributed by atoms with E-state index >= 15 is 0 Å². The van der Waals surface area contributed by atoms with Gasteiger partial charge in [0.2, 0.25) is 6.10 Å². The highest BCUT2D eigenvalue weighted by Crippen LogP contribution is 2.44. The summed E-state index contributed by atoms with van der Waals surface area (Å²) in [6.07, 6.45) is 4.09. The van der Waals surface area contributed by atoms with Gasteiger partial charge in [0.1, 0.15) is 6.61 Å². The molecule has 0 unspecified atom stereocenters. The Morgan fingerprint density at radius 2 is 1.66 bits per heavy atom. The maximum absolute atomic E-state index is 13.5. The summed E-state index contributed by atoms with van der Waals surface area (Å²) in [6.45, 7) is -0.399. The van der Waals surface area contributed by atoms with Crippen LogP contribution < -0.4 is 9.47 Å². The van der Waals surface area contributed by atoms with Gasteiger partial charge in [-0.3, -0.25) is 4.79 Å². The van der Waals surface area contributed by atoms with E-state index in [0.29, 0.717) is 11.5 Å². The molecule has 1 amide bonds. The van der Waals surface area contributed by atoms with Crippen LogP contribution in [0.2, 0.25) is 0 Å². The molecule has 0 spiro atoms. The van der Waals surface area contributed by atoms with Crippen LogP contribution in [0.3, 0.4) is 0 Å². The van der Waals surface area contributed by atoms with Crippen LogP contribution in [0.1, 0.15) is 36.4 Å². The van der Waals surface area contributed by atoms with Crippen LogP contribution in [0.15, 0.2) is 95.6 Å². The van der Waals surface area contributed by atoms with Gasteiger partial charge in [0.15, 0.2) is 18.1 Å². The van der Waals surface area contributed by atoms with Gasteiger partial charge in [-0.1, -0.05) is 72.8 Å². The van der Waals surface area contributed by atoms with Crippen LogP contribution >= 0.6 is 0 Å². The first kappa shape index (κ1) is 24.0. The lowest BCUT2D eigenvalue weighted by atomic mass is 9.77. The Hall–Kier alpha value is -4.39. The molecule has 7 heteroatoms. The Morgan fingerprint density at radius 3 is 2.45 bits per heavy atom. The maximum Gasteiger partial charge on any atom is 0.351 e. The van der Waals surface area contributed by atoms with Gasteiger partial charge in [-0.2, -0.15) is 5.10 Å². The third-order valence-electron chi connectivity index (χ3n) is 7.15. The molecule has 0 aromatic heterocycles. The standard InChI is InChI=1S/C31H28N2O5/c34-28(20-37-31(35)27-19-36-25-16-7-8-17-26(25)38-27)33-30(22-12-5-2-6-13-22)24-15-9-14-23(29(24)32-33)18-21-10-3-1-4-11-21/h1-8,10-13,16-18,24,27,30H,9,14-15,19-20H2/b23-18-/t24-,27-,30-/m0/s1. The minimum Gasteiger partial charge on any atom is -0.485 e. The highest BCUT2D eigenvalue weighted by Gasteiger charge is 2.44. The molecule has 3 atom stereocenters. The van der Waals surface area contributed by atoms with Crippen molar-refractivity contribution in [3.05, 3.63) is 102 Å². The molecule has 3 aromatic rings. The number of allylic oxidation sites excluding steroid dienone is 1. The average molecular weight is 509 g/mol. The highest BCUT2D eigenvalue weighted by atomic mass is 16.6. The Labute approximate surface area is 221 Å². The monoisotopic (exact) mass is 508 g/mol. The quantitative estimate of drug-likeness (QED) is 0.443. The Morgan fingerprint density at radius 1 is 0.947 bits per heavy atom. The molecule has 2 aliphatic heterocycles. The van der Waals surface area contributed by atoms with Crippen molar-refractivity contribution < 1.29 is 23.8 Å². The van der Waals surface area contributed by atoms with Crippen LogP contribution in [-0.2, 0) is 14.3 Å². The Balaban J connectivity index is 1.21. The molecule has 0 radical (unpaired) electrons. The van der Waals surface area contributed by atoms with E-state index in [1.807, 2.05) is 54.6 Å². The fraction of sp³-hybridized carbons (Fsp3) is 0.258. The van der Waals surface area contributed by atoms with Crippen LogP contribution in [0.25, 0.3) is 6.08 Å². The number of hydrogen-bond acceptors (Lipinski definition) is 6. The number of esters is 1. The number of hydrazone groups is 1. The summed E-state index contributed by atoms with van der Waals surface area (Å²) >= 11 is 0. The third kappa shape index (κ3) is 4.79. The molecule has 38 heavy (non-hydrogen) atoms. The first-order chi connectivity index (χ1) is 18.7. The predicted molar refractivity (Wildman–Crippen MR) is 143 cm³/mol. The molecule has 3 aromatic carbocycles. The largest absolute Gasteiger partial charge is 0.485 e. The minimum atomic E-state index is -0.935. The maximum atomic E-state index is 13.5. The van der Waals surface area contributed by atoms with Crippen LogP contribution in [-0.4, -0.2) is 41.9 Å². The lowest BCUT2D eigenvalue weighted by Crippen LogP contribution is -2.40. The zero-order valence-electron chi connectivity index (χ0n) is 20.9. The van der Waals surface area contributed by atoms with Crippen molar-refractivity contribution >= 4 is 23.7 Å². The molecule has 7 nitrogen and oxygen atoms in total. The van der Waals surface area contributed by atoms with E-state index in [-0.39, 0.29) is 24.5 Å². The minimum absolute atomic E-state index is 0.0262. The van der Waals surface area contributed by atoms with Crippen molar-refractivity contribution in [3.8, 4) is 11.5 Å². The van der Waals surface area contributed by atoms with E-state index in [1.54, 1.807) is 18.2 Å². The molecular formula is C31H28N2O5. The van der Waals surface area contributed by atoms with Crippen molar-refractivity contribution in [2.24, 2.45) is 11.0 Å². The van der Waals surface area contributed by atoms with Gasteiger partial charge in [-0.15, -0.1) is 0 Å². The smallest absolute Gasteiger partial charge is 0.351 e. The van der Waals surface area contributed by atoms with E-state index in [4.69, 9.17) is 19.3 Å². The van der Waals surface area contributed by atoms with Gasteiger partial charge < -0.3 is 14.2 Å². The fourth-order valence-corrected chi connectivity index (χ4v) is 5.37. The summed E-state index contributed by atoms with van der Waals surface area (Å²) in [5, 5.41) is 6.36. The van der Waals surface area contributed by atoms with Crippen molar-refractivity contribution in [3.63, 3.8) is 0 Å². The number of hydrogen-bond donors (Lipinski definition) is 0. The van der Waals surface area contributed by atoms with Gasteiger partial charge in [-0.05, 0) is 54.2 Å². The fourth-order valence-electron chi connectivity index (χ4n) is 5.37. The second kappa shape index (κ2) is 10.5. The van der Waals surface area contributed by atoms with Crippen LogP contribution in [0, 0.1) is 5.92 Å². The summed E-state index contributed by atoms with van der Waals surface area (Å²) in [5.41, 5.74) is 4.20. The van der Waals surface area contributed by atoms with E-state index in [0.717, 1.165) is 41.7 Å².